The fourth-order valence-corrected chi connectivity index (χ4v) is 2.18. The van der Waals surface area contributed by atoms with Gasteiger partial charge in [0.15, 0.2) is 5.90 Å². The van der Waals surface area contributed by atoms with Crippen molar-refractivity contribution in [1.82, 2.24) is 0 Å². The SMILES string of the molecule is [B]OC(=N)C(Cc1ccccc1)C1CCC(=O)O1. The van der Waals surface area contributed by atoms with Crippen LogP contribution in [0.3, 0.4) is 0 Å². The molecule has 0 spiro atoms. The van der Waals surface area contributed by atoms with Gasteiger partial charge in [-0.3, -0.25) is 10.2 Å². The second-order valence-electron chi connectivity index (χ2n) is 4.35. The number of carbonyl (C=O) groups excluding carboxylic acids is 1. The quantitative estimate of drug-likeness (QED) is 0.378. The van der Waals surface area contributed by atoms with Crippen LogP contribution in [0, 0.1) is 11.3 Å². The molecule has 5 heteroatoms. The molecule has 92 valence electrons. The highest BCUT2D eigenvalue weighted by atomic mass is 16.6. The summed E-state index contributed by atoms with van der Waals surface area (Å²) in [5.74, 6) is -0.578. The largest absolute Gasteiger partial charge is 0.558 e. The molecule has 1 aromatic rings. The molecule has 0 bridgehead atoms. The lowest BCUT2D eigenvalue weighted by Crippen LogP contribution is -2.31. The van der Waals surface area contributed by atoms with Crippen LogP contribution in [0.5, 0.6) is 0 Å². The van der Waals surface area contributed by atoms with Crippen LogP contribution in [0.1, 0.15) is 18.4 Å². The molecule has 1 fully saturated rings. The van der Waals surface area contributed by atoms with Crippen molar-refractivity contribution < 1.29 is 14.2 Å². The van der Waals surface area contributed by atoms with Crippen LogP contribution >= 0.6 is 0 Å². The van der Waals surface area contributed by atoms with Crippen LogP contribution in [-0.4, -0.2) is 26.0 Å². The van der Waals surface area contributed by atoms with Crippen LogP contribution in [0.2, 0.25) is 0 Å². The Labute approximate surface area is 107 Å². The van der Waals surface area contributed by atoms with Gasteiger partial charge in [0.25, 0.3) is 0 Å². The van der Waals surface area contributed by atoms with Gasteiger partial charge in [0.2, 0.25) is 0 Å². The number of hydrogen-bond donors (Lipinski definition) is 1. The van der Waals surface area contributed by atoms with E-state index in [0.29, 0.717) is 19.3 Å². The van der Waals surface area contributed by atoms with Crippen LogP contribution < -0.4 is 0 Å². The van der Waals surface area contributed by atoms with E-state index in [2.05, 4.69) is 4.65 Å². The molecule has 1 aliphatic rings. The van der Waals surface area contributed by atoms with Gasteiger partial charge in [-0.2, -0.15) is 0 Å². The Morgan fingerprint density at radius 2 is 2.22 bits per heavy atom. The maximum absolute atomic E-state index is 11.2. The van der Waals surface area contributed by atoms with Crippen molar-refractivity contribution in [3.8, 4) is 0 Å². The van der Waals surface area contributed by atoms with E-state index < -0.39 is 0 Å². The van der Waals surface area contributed by atoms with Gasteiger partial charge < -0.3 is 9.39 Å². The highest BCUT2D eigenvalue weighted by Crippen LogP contribution is 2.25. The summed E-state index contributed by atoms with van der Waals surface area (Å²) < 4.78 is 9.73. The molecule has 2 atom stereocenters. The minimum atomic E-state index is -0.316. The Hall–Kier alpha value is -1.78. The van der Waals surface area contributed by atoms with Gasteiger partial charge in [0.05, 0.1) is 5.92 Å². The van der Waals surface area contributed by atoms with E-state index >= 15 is 0 Å². The summed E-state index contributed by atoms with van der Waals surface area (Å²) >= 11 is 0. The zero-order valence-corrected chi connectivity index (χ0v) is 9.96. The summed E-state index contributed by atoms with van der Waals surface area (Å²) in [5, 5.41) is 7.74. The molecule has 0 saturated carbocycles. The first-order chi connectivity index (χ1) is 8.70. The number of hydrogen-bond acceptors (Lipinski definition) is 4. The minimum Gasteiger partial charge on any atom is -0.558 e. The number of esters is 1. The zero-order chi connectivity index (χ0) is 13.0. The molecule has 0 amide bonds. The molecule has 2 radical (unpaired) electrons. The van der Waals surface area contributed by atoms with Crippen molar-refractivity contribution in [2.45, 2.75) is 25.4 Å². The Morgan fingerprint density at radius 3 is 2.78 bits per heavy atom. The third kappa shape index (κ3) is 2.91. The molecule has 2 rings (SSSR count). The van der Waals surface area contributed by atoms with E-state index in [1.807, 2.05) is 30.3 Å². The summed E-state index contributed by atoms with van der Waals surface area (Å²) in [4.78, 5) is 11.2. The van der Waals surface area contributed by atoms with Gasteiger partial charge in [-0.05, 0) is 18.4 Å². The van der Waals surface area contributed by atoms with E-state index in [1.165, 1.54) is 0 Å². The van der Waals surface area contributed by atoms with Crippen LogP contribution in [0.4, 0.5) is 0 Å². The molecule has 0 aromatic heterocycles. The molecule has 1 saturated heterocycles. The number of ether oxygens (including phenoxy) is 1. The molecule has 1 aliphatic heterocycles. The fourth-order valence-electron chi connectivity index (χ4n) is 2.18. The van der Waals surface area contributed by atoms with Crippen molar-refractivity contribution in [1.29, 1.82) is 5.41 Å². The van der Waals surface area contributed by atoms with Gasteiger partial charge in [0, 0.05) is 6.42 Å². The Balaban J connectivity index is 2.10. The van der Waals surface area contributed by atoms with E-state index in [1.54, 1.807) is 0 Å². The lowest BCUT2D eigenvalue weighted by molar-refractivity contribution is -0.142. The average molecular weight is 243 g/mol. The Kier molecular flexibility index (Phi) is 4.02. The van der Waals surface area contributed by atoms with Crippen LogP contribution in [0.25, 0.3) is 0 Å². The molecule has 4 nitrogen and oxygen atoms in total. The van der Waals surface area contributed by atoms with Crippen molar-refractivity contribution in [2.24, 2.45) is 5.92 Å². The number of benzene rings is 1. The summed E-state index contributed by atoms with van der Waals surface area (Å²) in [5.41, 5.74) is 1.06. The Morgan fingerprint density at radius 1 is 1.50 bits per heavy atom. The number of cyclic esters (lactones) is 1. The third-order valence-corrected chi connectivity index (χ3v) is 3.13. The molecular weight excluding hydrogens is 229 g/mol. The second-order valence-corrected chi connectivity index (χ2v) is 4.35. The van der Waals surface area contributed by atoms with Crippen molar-refractivity contribution in [2.75, 3.05) is 0 Å². The molecule has 1 aromatic carbocycles. The summed E-state index contributed by atoms with van der Waals surface area (Å²) in [6.45, 7) is 0. The third-order valence-electron chi connectivity index (χ3n) is 3.13. The van der Waals surface area contributed by atoms with Gasteiger partial charge in [-0.15, -0.1) is 0 Å². The first kappa shape index (κ1) is 12.7. The maximum Gasteiger partial charge on any atom is 0.375 e. The van der Waals surface area contributed by atoms with Crippen LogP contribution in [0.15, 0.2) is 30.3 Å². The second kappa shape index (κ2) is 5.71. The number of rotatable bonds is 4. The summed E-state index contributed by atoms with van der Waals surface area (Å²) in [7, 11) is 5.06. The number of carbonyl (C=O) groups is 1. The molecule has 1 N–H and O–H groups in total. The Bertz CT molecular complexity index is 435. The van der Waals surface area contributed by atoms with Gasteiger partial charge in [-0.1, -0.05) is 30.3 Å². The highest BCUT2D eigenvalue weighted by Gasteiger charge is 2.34. The van der Waals surface area contributed by atoms with Gasteiger partial charge in [-0.25, -0.2) is 0 Å². The normalized spacial score (nSPS) is 20.2. The lowest BCUT2D eigenvalue weighted by atomic mass is 9.92. The first-order valence-corrected chi connectivity index (χ1v) is 5.89. The molecule has 1 heterocycles. The molecule has 0 aliphatic carbocycles. The standard InChI is InChI=1S/C13H14BNO3/c14-18-13(15)10(11-6-7-12(16)17-11)8-9-4-2-1-3-5-9/h1-5,10-11,15H,6-8H2. The predicted molar refractivity (Wildman–Crippen MR) is 67.3 cm³/mol. The predicted octanol–water partition coefficient (Wildman–Crippen LogP) is 1.63. The molecule has 2 unspecified atom stereocenters. The lowest BCUT2D eigenvalue weighted by Gasteiger charge is -2.22. The van der Waals surface area contributed by atoms with E-state index in [4.69, 9.17) is 18.2 Å². The van der Waals surface area contributed by atoms with Crippen molar-refractivity contribution in [3.63, 3.8) is 0 Å². The fraction of sp³-hybridized carbons (Fsp3) is 0.385. The van der Waals surface area contributed by atoms with Gasteiger partial charge in [0.1, 0.15) is 6.10 Å². The van der Waals surface area contributed by atoms with Crippen molar-refractivity contribution in [3.05, 3.63) is 35.9 Å². The van der Waals surface area contributed by atoms with E-state index in [-0.39, 0.29) is 23.9 Å². The first-order valence-electron chi connectivity index (χ1n) is 5.89. The summed E-state index contributed by atoms with van der Waals surface area (Å²) in [6.07, 6.45) is 1.28. The highest BCUT2D eigenvalue weighted by molar-refractivity contribution is 6.06. The van der Waals surface area contributed by atoms with Crippen molar-refractivity contribution >= 4 is 19.9 Å². The monoisotopic (exact) mass is 243 g/mol. The zero-order valence-electron chi connectivity index (χ0n) is 9.96. The van der Waals surface area contributed by atoms with Gasteiger partial charge >= 0.3 is 14.0 Å². The number of nitrogens with one attached hydrogen (secondary N) is 1. The molecular formula is C13H14BNO3. The minimum absolute atomic E-state index is 0.0430. The average Bonchev–Trinajstić information content (AvgIpc) is 2.83. The topological polar surface area (TPSA) is 59.4 Å². The smallest absolute Gasteiger partial charge is 0.375 e. The maximum atomic E-state index is 11.2. The molecule has 18 heavy (non-hydrogen) atoms. The van der Waals surface area contributed by atoms with E-state index in [9.17, 15) is 4.79 Å². The van der Waals surface area contributed by atoms with E-state index in [0.717, 1.165) is 5.56 Å². The summed E-state index contributed by atoms with van der Waals surface area (Å²) in [6, 6.07) is 9.72. The van der Waals surface area contributed by atoms with Crippen LogP contribution in [-0.2, 0) is 20.6 Å².